The van der Waals surface area contributed by atoms with Gasteiger partial charge in [-0.05, 0) is 44.7 Å². The molecule has 1 amide bonds. The summed E-state index contributed by atoms with van der Waals surface area (Å²) < 4.78 is 2.05. The van der Waals surface area contributed by atoms with Crippen LogP contribution in [-0.2, 0) is 11.3 Å². The van der Waals surface area contributed by atoms with Crippen LogP contribution in [0.15, 0.2) is 36.9 Å². The van der Waals surface area contributed by atoms with Gasteiger partial charge in [0.2, 0.25) is 5.91 Å². The summed E-state index contributed by atoms with van der Waals surface area (Å²) in [6.07, 6.45) is 7.46. The molecule has 0 fully saturated rings. The number of anilines is 1. The monoisotopic (exact) mass is 314 g/mol. The molecule has 1 aromatic heterocycles. The highest BCUT2D eigenvalue weighted by molar-refractivity contribution is 5.98. The number of benzene rings is 1. The van der Waals surface area contributed by atoms with E-state index in [0.717, 1.165) is 36.2 Å². The number of aromatic nitrogens is 2. The average molecular weight is 314 g/mol. The maximum Gasteiger partial charge on any atom is 0.243 e. The zero-order valence-electron chi connectivity index (χ0n) is 14.2. The van der Waals surface area contributed by atoms with Crippen LogP contribution in [0.1, 0.15) is 30.9 Å². The van der Waals surface area contributed by atoms with Crippen LogP contribution in [0.4, 0.5) is 5.69 Å². The molecule has 1 aromatic carbocycles. The number of rotatable bonds is 7. The minimum Gasteiger partial charge on any atom is -0.337 e. The van der Waals surface area contributed by atoms with Crippen molar-refractivity contribution in [2.75, 3.05) is 11.4 Å². The molecule has 23 heavy (non-hydrogen) atoms. The number of carbonyl (C=O) groups is 1. The second kappa shape index (κ2) is 7.92. The normalized spacial score (nSPS) is 12.2. The zero-order chi connectivity index (χ0) is 16.8. The molecule has 0 radical (unpaired) electrons. The van der Waals surface area contributed by atoms with Gasteiger partial charge in [-0.2, -0.15) is 0 Å². The second-order valence-electron chi connectivity index (χ2n) is 6.03. The lowest BCUT2D eigenvalue weighted by Gasteiger charge is -2.28. The van der Waals surface area contributed by atoms with Crippen molar-refractivity contribution in [1.29, 1.82) is 0 Å². The second-order valence-corrected chi connectivity index (χ2v) is 6.03. The number of hydrogen-bond acceptors (Lipinski definition) is 3. The third kappa shape index (κ3) is 4.42. The minimum absolute atomic E-state index is 0.0231. The first-order valence-electron chi connectivity index (χ1n) is 8.09. The number of nitrogens with zero attached hydrogens (tertiary/aromatic N) is 3. The van der Waals surface area contributed by atoms with Crippen LogP contribution < -0.4 is 10.6 Å². The fraction of sp³-hybridized carbons (Fsp3) is 0.444. The molecule has 1 unspecified atom stereocenters. The number of imidazole rings is 1. The van der Waals surface area contributed by atoms with E-state index < -0.39 is 6.04 Å². The Morgan fingerprint density at radius 3 is 2.57 bits per heavy atom. The molecule has 2 rings (SSSR count). The fourth-order valence-corrected chi connectivity index (χ4v) is 2.79. The van der Waals surface area contributed by atoms with Crippen molar-refractivity contribution < 1.29 is 4.79 Å². The molecule has 0 spiro atoms. The van der Waals surface area contributed by atoms with Crippen LogP contribution in [0, 0.1) is 13.8 Å². The molecule has 1 atom stereocenters. The Bertz CT molecular complexity index is 614. The quantitative estimate of drug-likeness (QED) is 0.799. The number of nitrogens with two attached hydrogens (primary N) is 1. The zero-order valence-corrected chi connectivity index (χ0v) is 14.2. The third-order valence-electron chi connectivity index (χ3n) is 3.97. The summed E-state index contributed by atoms with van der Waals surface area (Å²) in [5.41, 5.74) is 9.06. The Morgan fingerprint density at radius 1 is 1.30 bits per heavy atom. The number of unbranched alkanes of at least 4 members (excludes halogenated alkanes) is 1. The highest BCUT2D eigenvalue weighted by atomic mass is 16.2. The maximum absolute atomic E-state index is 12.6. The standard InChI is InChI=1S/C18H26N4O/c1-14-7-6-8-15(2)17(14)22(18(23)16(3)19)11-5-4-10-21-12-9-20-13-21/h6-9,12-13,16H,4-5,10-11,19H2,1-3H3. The van der Waals surface area contributed by atoms with Gasteiger partial charge in [-0.25, -0.2) is 4.98 Å². The third-order valence-corrected chi connectivity index (χ3v) is 3.97. The number of para-hydroxylation sites is 1. The van der Waals surface area contributed by atoms with Crippen molar-refractivity contribution in [1.82, 2.24) is 9.55 Å². The average Bonchev–Trinajstić information content (AvgIpc) is 3.01. The van der Waals surface area contributed by atoms with Gasteiger partial charge in [0.05, 0.1) is 12.4 Å². The molecular formula is C18H26N4O. The summed E-state index contributed by atoms with van der Waals surface area (Å²) in [6.45, 7) is 7.41. The predicted molar refractivity (Wildman–Crippen MR) is 93.4 cm³/mol. The van der Waals surface area contributed by atoms with Gasteiger partial charge in [0.15, 0.2) is 0 Å². The Balaban J connectivity index is 2.07. The Morgan fingerprint density at radius 2 is 2.00 bits per heavy atom. The molecule has 0 aliphatic rings. The van der Waals surface area contributed by atoms with E-state index in [1.807, 2.05) is 49.5 Å². The first-order chi connectivity index (χ1) is 11.0. The van der Waals surface area contributed by atoms with E-state index in [0.29, 0.717) is 6.54 Å². The molecule has 124 valence electrons. The molecular weight excluding hydrogens is 288 g/mol. The van der Waals surface area contributed by atoms with Crippen molar-refractivity contribution in [2.45, 2.75) is 46.2 Å². The predicted octanol–water partition coefficient (Wildman–Crippen LogP) is 2.66. The number of carbonyl (C=O) groups excluding carboxylic acids is 1. The van der Waals surface area contributed by atoms with Crippen LogP contribution in [0.5, 0.6) is 0 Å². The highest BCUT2D eigenvalue weighted by Crippen LogP contribution is 2.25. The molecule has 0 aliphatic carbocycles. The van der Waals surface area contributed by atoms with Gasteiger partial charge in [0, 0.05) is 31.2 Å². The highest BCUT2D eigenvalue weighted by Gasteiger charge is 2.21. The van der Waals surface area contributed by atoms with Crippen LogP contribution in [-0.4, -0.2) is 28.0 Å². The summed E-state index contributed by atoms with van der Waals surface area (Å²) in [5.74, 6) is -0.0231. The van der Waals surface area contributed by atoms with E-state index in [1.54, 1.807) is 13.1 Å². The summed E-state index contributed by atoms with van der Waals surface area (Å²) in [4.78, 5) is 18.4. The molecule has 0 saturated carbocycles. The number of aryl methyl sites for hydroxylation is 3. The molecule has 2 aromatic rings. The van der Waals surface area contributed by atoms with Gasteiger partial charge in [-0.1, -0.05) is 18.2 Å². The first kappa shape index (κ1) is 17.2. The van der Waals surface area contributed by atoms with E-state index >= 15 is 0 Å². The molecule has 0 saturated heterocycles. The van der Waals surface area contributed by atoms with Crippen LogP contribution in [0.25, 0.3) is 0 Å². The molecule has 0 aliphatic heterocycles. The number of hydrogen-bond donors (Lipinski definition) is 1. The molecule has 2 N–H and O–H groups in total. The van der Waals surface area contributed by atoms with Gasteiger partial charge in [-0.15, -0.1) is 0 Å². The smallest absolute Gasteiger partial charge is 0.243 e. The van der Waals surface area contributed by atoms with E-state index in [-0.39, 0.29) is 5.91 Å². The van der Waals surface area contributed by atoms with Gasteiger partial charge >= 0.3 is 0 Å². The van der Waals surface area contributed by atoms with Gasteiger partial charge in [0.25, 0.3) is 0 Å². The van der Waals surface area contributed by atoms with Crippen molar-refractivity contribution >= 4 is 11.6 Å². The fourth-order valence-electron chi connectivity index (χ4n) is 2.79. The molecule has 5 nitrogen and oxygen atoms in total. The summed E-state index contributed by atoms with van der Waals surface area (Å²) >= 11 is 0. The summed E-state index contributed by atoms with van der Waals surface area (Å²) in [7, 11) is 0. The van der Waals surface area contributed by atoms with Gasteiger partial charge < -0.3 is 15.2 Å². The van der Waals surface area contributed by atoms with Crippen molar-refractivity contribution in [3.05, 3.63) is 48.0 Å². The van der Waals surface area contributed by atoms with Crippen molar-refractivity contribution in [3.8, 4) is 0 Å². The van der Waals surface area contributed by atoms with E-state index in [2.05, 4.69) is 9.55 Å². The lowest BCUT2D eigenvalue weighted by Crippen LogP contribution is -2.43. The minimum atomic E-state index is -0.498. The molecule has 5 heteroatoms. The Kier molecular flexibility index (Phi) is 5.93. The lowest BCUT2D eigenvalue weighted by molar-refractivity contribution is -0.119. The molecule has 0 bridgehead atoms. The Hall–Kier alpha value is -2.14. The lowest BCUT2D eigenvalue weighted by atomic mass is 10.1. The van der Waals surface area contributed by atoms with Crippen molar-refractivity contribution in [3.63, 3.8) is 0 Å². The van der Waals surface area contributed by atoms with Gasteiger partial charge in [-0.3, -0.25) is 4.79 Å². The SMILES string of the molecule is Cc1cccc(C)c1N(CCCCn1ccnc1)C(=O)C(C)N. The molecule has 1 heterocycles. The summed E-state index contributed by atoms with van der Waals surface area (Å²) in [5, 5.41) is 0. The van der Waals surface area contributed by atoms with E-state index in [9.17, 15) is 4.79 Å². The van der Waals surface area contributed by atoms with E-state index in [4.69, 9.17) is 5.73 Å². The van der Waals surface area contributed by atoms with Crippen LogP contribution >= 0.6 is 0 Å². The number of amides is 1. The van der Waals surface area contributed by atoms with Crippen molar-refractivity contribution in [2.24, 2.45) is 5.73 Å². The largest absolute Gasteiger partial charge is 0.337 e. The van der Waals surface area contributed by atoms with Gasteiger partial charge in [0.1, 0.15) is 0 Å². The maximum atomic E-state index is 12.6. The van der Waals surface area contributed by atoms with E-state index in [1.165, 1.54) is 0 Å². The Labute approximate surface area is 138 Å². The first-order valence-corrected chi connectivity index (χ1v) is 8.09. The van der Waals surface area contributed by atoms with Crippen LogP contribution in [0.2, 0.25) is 0 Å². The topological polar surface area (TPSA) is 64.2 Å². The van der Waals surface area contributed by atoms with Crippen LogP contribution in [0.3, 0.4) is 0 Å². The summed E-state index contributed by atoms with van der Waals surface area (Å²) in [6, 6.07) is 5.59.